The monoisotopic (exact) mass is 814 g/mol. The van der Waals surface area contributed by atoms with Gasteiger partial charge in [-0.2, -0.15) is 0 Å². The van der Waals surface area contributed by atoms with Crippen LogP contribution in [0.15, 0.2) is 24.3 Å². The lowest BCUT2D eigenvalue weighted by Crippen LogP contribution is -2.49. The van der Waals surface area contributed by atoms with Gasteiger partial charge in [-0.3, -0.25) is 14.4 Å². The van der Waals surface area contributed by atoms with E-state index >= 15 is 0 Å². The summed E-state index contributed by atoms with van der Waals surface area (Å²) < 4.78 is 21.3. The van der Waals surface area contributed by atoms with Crippen LogP contribution in [0.3, 0.4) is 0 Å². The third-order valence-corrected chi connectivity index (χ3v) is 9.90. The summed E-state index contributed by atoms with van der Waals surface area (Å²) >= 11 is 0. The fraction of sp³-hybridized carbons (Fsp3) is 0.692. The van der Waals surface area contributed by atoms with Crippen molar-refractivity contribution < 1.29 is 48.3 Å². The quantitative estimate of drug-likeness (QED) is 0.0580. The van der Waals surface area contributed by atoms with Crippen LogP contribution in [0.1, 0.15) is 62.9 Å². The van der Waals surface area contributed by atoms with Crippen LogP contribution in [0.5, 0.6) is 0 Å². The van der Waals surface area contributed by atoms with Crippen molar-refractivity contribution in [2.45, 2.75) is 90.2 Å². The van der Waals surface area contributed by atoms with Crippen molar-refractivity contribution in [3.8, 4) is 0 Å². The number of aliphatic hydroxyl groups excluding tert-OH is 2. The maximum atomic E-state index is 12.8. The number of ether oxygens (including phenoxy) is 4. The second kappa shape index (κ2) is 26.8. The number of nitrogens with zero attached hydrogens (tertiary/aromatic N) is 3. The number of carbonyl (C=O) groups excluding carboxylic acids is 4. The van der Waals surface area contributed by atoms with Crippen molar-refractivity contribution in [3.63, 3.8) is 0 Å². The highest BCUT2D eigenvalue weighted by atomic mass is 16.5. The number of fused-ring (bicyclic) bond motifs is 2. The molecule has 0 bridgehead atoms. The molecule has 1 saturated carbocycles. The summed E-state index contributed by atoms with van der Waals surface area (Å²) in [6.45, 7) is 7.85. The molecule has 0 saturated heterocycles. The molecule has 1 fully saturated rings. The molecule has 3 amide bonds. The standard InChI is InChI=1S/C30H43BN6O6.C9H20N2O4/c1-18(2)28(29(41)33-15-27(40)34-22-9-5-19(6-10-22)17-43-30(31)42)32-13-3-4-25(38)26(39)16-37-24-12-8-21-14-20(21)7-11-23(24)35-36-37;1-10-3-5-14-7-8-15-6-4-11-9(12)13-2/h5-6,9-10,18,20-21,25-26,28,32,38-39H,3-4,7-8,11-17H2,1-2H3,(H,33,41)(H,34,40);10H,3-8H2,1-2H3,(H,11,12). The topological polar surface area (TPSA) is 237 Å². The van der Waals surface area contributed by atoms with Crippen LogP contribution >= 0.6 is 0 Å². The number of methoxy groups -OCH3 is 1. The lowest BCUT2D eigenvalue weighted by molar-refractivity contribution is -0.126. The second-order valence-corrected chi connectivity index (χ2v) is 14.8. The van der Waals surface area contributed by atoms with Crippen LogP contribution in [0.25, 0.3) is 0 Å². The Morgan fingerprint density at radius 1 is 0.931 bits per heavy atom. The van der Waals surface area contributed by atoms with Crippen LogP contribution in [-0.4, -0.2) is 142 Å². The Labute approximate surface area is 342 Å². The smallest absolute Gasteiger partial charge is 0.406 e. The van der Waals surface area contributed by atoms with E-state index in [0.29, 0.717) is 63.6 Å². The van der Waals surface area contributed by atoms with Gasteiger partial charge in [0.15, 0.2) is 0 Å². The zero-order valence-corrected chi connectivity index (χ0v) is 34.4. The SMILES string of the molecule is CNCCOCCOCCNC(=O)OC.[B]C(=O)OCc1ccc(NC(=O)CNC(=O)C(NCCCC(O)C(O)Cn2nnc3c2CCC2CC2CC3)C(C)C)cc1. The summed E-state index contributed by atoms with van der Waals surface area (Å²) in [5.41, 5.74) is 3.36. The van der Waals surface area contributed by atoms with Gasteiger partial charge in [0, 0.05) is 18.8 Å². The molecule has 5 atom stereocenters. The Morgan fingerprint density at radius 2 is 1.62 bits per heavy atom. The van der Waals surface area contributed by atoms with E-state index in [1.807, 2.05) is 20.9 Å². The second-order valence-electron chi connectivity index (χ2n) is 14.8. The summed E-state index contributed by atoms with van der Waals surface area (Å²) in [5.74, 6) is 0.0721. The predicted molar refractivity (Wildman–Crippen MR) is 216 cm³/mol. The van der Waals surface area contributed by atoms with E-state index in [2.05, 4.69) is 41.6 Å². The van der Waals surface area contributed by atoms with Crippen molar-refractivity contribution in [1.82, 2.24) is 36.3 Å². The number of aryl methyl sites for hydroxylation is 1. The Morgan fingerprint density at radius 3 is 2.28 bits per heavy atom. The van der Waals surface area contributed by atoms with E-state index in [1.54, 1.807) is 28.9 Å². The molecule has 322 valence electrons. The minimum atomic E-state index is -0.965. The minimum absolute atomic E-state index is 0.0357. The lowest BCUT2D eigenvalue weighted by atomic mass is 10.0. The number of aliphatic hydroxyl groups is 2. The average Bonchev–Trinajstić information content (AvgIpc) is 3.84. The number of amides is 3. The van der Waals surface area contributed by atoms with Crippen molar-refractivity contribution >= 4 is 37.3 Å². The molecule has 58 heavy (non-hydrogen) atoms. The van der Waals surface area contributed by atoms with Gasteiger partial charge < -0.3 is 55.7 Å². The highest BCUT2D eigenvalue weighted by Gasteiger charge is 2.38. The van der Waals surface area contributed by atoms with E-state index in [1.165, 1.54) is 13.5 Å². The number of hydrogen-bond acceptors (Lipinski definition) is 14. The molecule has 2 aliphatic rings. The molecule has 19 heteroatoms. The fourth-order valence-electron chi connectivity index (χ4n) is 6.45. The van der Waals surface area contributed by atoms with E-state index in [4.69, 9.17) is 22.1 Å². The first kappa shape index (κ1) is 48.2. The van der Waals surface area contributed by atoms with E-state index in [-0.39, 0.29) is 37.4 Å². The molecule has 2 radical (unpaired) electrons. The van der Waals surface area contributed by atoms with Gasteiger partial charge in [0.05, 0.1) is 76.3 Å². The highest BCUT2D eigenvalue weighted by molar-refractivity contribution is 6.55. The average molecular weight is 815 g/mol. The molecule has 1 heterocycles. The molecule has 2 aliphatic carbocycles. The van der Waals surface area contributed by atoms with E-state index in [9.17, 15) is 29.4 Å². The molecular weight excluding hydrogens is 751 g/mol. The number of hydrogen-bond donors (Lipinski definition) is 7. The minimum Gasteiger partial charge on any atom is -0.470 e. The van der Waals surface area contributed by atoms with Crippen LogP contribution in [0.4, 0.5) is 15.3 Å². The summed E-state index contributed by atoms with van der Waals surface area (Å²) in [6, 6.07) is 6.18. The van der Waals surface area contributed by atoms with Crippen LogP contribution in [0, 0.1) is 17.8 Å². The van der Waals surface area contributed by atoms with Crippen LogP contribution in [-0.2, 0) is 54.5 Å². The molecule has 4 rings (SSSR count). The van der Waals surface area contributed by atoms with Crippen LogP contribution in [0.2, 0.25) is 0 Å². The Balaban J connectivity index is 0.000000509. The molecular formula is C39H63BN8O10. The zero-order valence-electron chi connectivity index (χ0n) is 34.4. The summed E-state index contributed by atoms with van der Waals surface area (Å²) in [6.07, 6.45) is 4.03. The van der Waals surface area contributed by atoms with Crippen molar-refractivity contribution in [2.24, 2.45) is 17.8 Å². The molecule has 7 N–H and O–H groups in total. The zero-order chi connectivity index (χ0) is 42.3. The van der Waals surface area contributed by atoms with E-state index < -0.39 is 30.2 Å². The van der Waals surface area contributed by atoms with Gasteiger partial charge in [0.25, 0.3) is 0 Å². The predicted octanol–water partition coefficient (Wildman–Crippen LogP) is 1.06. The molecule has 1 aromatic heterocycles. The van der Waals surface area contributed by atoms with Crippen LogP contribution < -0.4 is 26.6 Å². The molecule has 18 nitrogen and oxygen atoms in total. The first-order chi connectivity index (χ1) is 27.9. The highest BCUT2D eigenvalue weighted by Crippen LogP contribution is 2.46. The summed E-state index contributed by atoms with van der Waals surface area (Å²) in [4.78, 5) is 46.5. The molecule has 5 unspecified atom stereocenters. The summed E-state index contributed by atoms with van der Waals surface area (Å²) in [7, 11) is 8.16. The Bertz CT molecular complexity index is 1530. The van der Waals surface area contributed by atoms with Gasteiger partial charge >= 0.3 is 6.09 Å². The maximum absolute atomic E-state index is 12.8. The Kier molecular flexibility index (Phi) is 22.3. The first-order valence-electron chi connectivity index (χ1n) is 20.1. The molecule has 0 spiro atoms. The molecule has 0 aliphatic heterocycles. The maximum Gasteiger partial charge on any atom is 0.406 e. The number of likely N-dealkylation sites (N-methyl/N-ethyl adjacent to an activating group) is 1. The van der Waals surface area contributed by atoms with Gasteiger partial charge in [-0.15, -0.1) is 5.10 Å². The molecule has 1 aromatic carbocycles. The third-order valence-electron chi connectivity index (χ3n) is 9.90. The first-order valence-corrected chi connectivity index (χ1v) is 20.1. The normalized spacial score (nSPS) is 17.2. The Hall–Kier alpha value is -4.14. The number of alkyl carbamates (subject to hydrolysis) is 1. The number of aromatic nitrogens is 3. The van der Waals surface area contributed by atoms with Crippen molar-refractivity contribution in [2.75, 3.05) is 72.1 Å². The number of carbonyl (C=O) groups is 4. The van der Waals surface area contributed by atoms with Gasteiger partial charge in [-0.05, 0) is 94.0 Å². The van der Waals surface area contributed by atoms with E-state index in [0.717, 1.165) is 55.5 Å². The van der Waals surface area contributed by atoms with Crippen molar-refractivity contribution in [3.05, 3.63) is 41.2 Å². The lowest BCUT2D eigenvalue weighted by Gasteiger charge is -2.23. The number of anilines is 1. The third kappa shape index (κ3) is 18.6. The largest absolute Gasteiger partial charge is 0.470 e. The number of nitrogens with one attached hydrogen (secondary N) is 5. The summed E-state index contributed by atoms with van der Waals surface area (Å²) in [5, 5.41) is 43.9. The fourth-order valence-corrected chi connectivity index (χ4v) is 6.45. The van der Waals surface area contributed by atoms with Gasteiger partial charge in [0.1, 0.15) is 6.61 Å². The van der Waals surface area contributed by atoms with Gasteiger partial charge in [0.2, 0.25) is 25.5 Å². The molecule has 2 aromatic rings. The number of benzene rings is 1. The van der Waals surface area contributed by atoms with Crippen molar-refractivity contribution in [1.29, 1.82) is 0 Å². The van der Waals surface area contributed by atoms with Gasteiger partial charge in [-0.25, -0.2) is 9.48 Å². The number of rotatable bonds is 24. The van der Waals surface area contributed by atoms with Gasteiger partial charge in [-0.1, -0.05) is 31.2 Å².